The number of anilines is 1. The minimum atomic E-state index is -1.12. The molecule has 1 aliphatic heterocycles. The van der Waals surface area contributed by atoms with Crippen LogP contribution in [0.4, 0.5) is 5.69 Å². The van der Waals surface area contributed by atoms with Gasteiger partial charge in [-0.25, -0.2) is 0 Å². The van der Waals surface area contributed by atoms with Crippen LogP contribution in [0, 0.1) is 0 Å². The Labute approximate surface area is 99.2 Å². The van der Waals surface area contributed by atoms with Crippen molar-refractivity contribution >= 4 is 17.5 Å². The molecule has 5 nitrogen and oxygen atoms in total. The van der Waals surface area contributed by atoms with Crippen molar-refractivity contribution in [3.05, 3.63) is 24.3 Å². The van der Waals surface area contributed by atoms with Crippen LogP contribution in [-0.4, -0.2) is 24.0 Å². The van der Waals surface area contributed by atoms with E-state index in [0.29, 0.717) is 11.4 Å². The Morgan fingerprint density at radius 1 is 1.41 bits per heavy atom. The van der Waals surface area contributed by atoms with Gasteiger partial charge in [0.05, 0.1) is 5.69 Å². The van der Waals surface area contributed by atoms with E-state index in [9.17, 15) is 9.59 Å². The number of fused-ring (bicyclic) bond motifs is 1. The number of ether oxygens (including phenoxy) is 1. The van der Waals surface area contributed by atoms with Crippen molar-refractivity contribution in [2.45, 2.75) is 26.0 Å². The van der Waals surface area contributed by atoms with E-state index in [1.54, 1.807) is 24.3 Å². The van der Waals surface area contributed by atoms with Crippen LogP contribution in [0.3, 0.4) is 0 Å². The zero-order valence-corrected chi connectivity index (χ0v) is 9.69. The van der Waals surface area contributed by atoms with Crippen molar-refractivity contribution in [3.8, 4) is 5.75 Å². The zero-order chi connectivity index (χ0) is 12.4. The lowest BCUT2D eigenvalue weighted by molar-refractivity contribution is -0.137. The summed E-state index contributed by atoms with van der Waals surface area (Å²) >= 11 is 0. The quantitative estimate of drug-likeness (QED) is 0.747. The predicted molar refractivity (Wildman–Crippen MR) is 62.8 cm³/mol. The molecule has 1 atom stereocenters. The summed E-state index contributed by atoms with van der Waals surface area (Å²) < 4.78 is 5.38. The lowest BCUT2D eigenvalue weighted by Crippen LogP contribution is -2.50. The first-order valence-electron chi connectivity index (χ1n) is 5.45. The van der Waals surface area contributed by atoms with Crippen LogP contribution >= 0.6 is 0 Å². The maximum Gasteiger partial charge on any atom is 0.275 e. The van der Waals surface area contributed by atoms with Gasteiger partial charge in [-0.15, -0.1) is 0 Å². The molecular weight excluding hydrogens is 220 g/mol. The monoisotopic (exact) mass is 234 g/mol. The summed E-state index contributed by atoms with van der Waals surface area (Å²) in [4.78, 5) is 23.4. The van der Waals surface area contributed by atoms with Gasteiger partial charge >= 0.3 is 0 Å². The fraction of sp³-hybridized carbons (Fsp3) is 0.333. The number of hydrogen-bond acceptors (Lipinski definition) is 3. The molecular formula is C12H14N2O3. The first kappa shape index (κ1) is 11.4. The van der Waals surface area contributed by atoms with E-state index in [2.05, 4.69) is 10.6 Å². The minimum Gasteiger partial charge on any atom is -0.468 e. The normalized spacial score (nSPS) is 18.1. The standard InChI is InChI=1S/C12H14N2O3/c1-7(2)13-11(15)10-12(16)14-8-5-3-4-6-9(8)17-10/h3-7,10H,1-2H3,(H,13,15)(H,14,16)/t10-/m0/s1. The first-order valence-corrected chi connectivity index (χ1v) is 5.45. The molecule has 2 N–H and O–H groups in total. The Morgan fingerprint density at radius 3 is 2.82 bits per heavy atom. The number of amides is 2. The van der Waals surface area contributed by atoms with Gasteiger partial charge < -0.3 is 15.4 Å². The number of hydrogen-bond donors (Lipinski definition) is 2. The molecule has 0 bridgehead atoms. The molecule has 0 spiro atoms. The van der Waals surface area contributed by atoms with Crippen LogP contribution in [0.1, 0.15) is 13.8 Å². The largest absolute Gasteiger partial charge is 0.468 e. The third kappa shape index (κ3) is 2.38. The average Bonchev–Trinajstić information content (AvgIpc) is 2.27. The fourth-order valence-corrected chi connectivity index (χ4v) is 1.58. The third-order valence-corrected chi connectivity index (χ3v) is 2.30. The average molecular weight is 234 g/mol. The Kier molecular flexibility index (Phi) is 2.99. The summed E-state index contributed by atoms with van der Waals surface area (Å²) in [6.07, 6.45) is -1.12. The second-order valence-corrected chi connectivity index (χ2v) is 4.15. The summed E-state index contributed by atoms with van der Waals surface area (Å²) in [5.41, 5.74) is 0.589. The molecule has 0 unspecified atom stereocenters. The van der Waals surface area contributed by atoms with Gasteiger partial charge in [0.15, 0.2) is 0 Å². The summed E-state index contributed by atoms with van der Waals surface area (Å²) in [7, 11) is 0. The van der Waals surface area contributed by atoms with E-state index < -0.39 is 17.9 Å². The summed E-state index contributed by atoms with van der Waals surface area (Å²) in [5, 5.41) is 5.29. The lowest BCUT2D eigenvalue weighted by Gasteiger charge is -2.25. The van der Waals surface area contributed by atoms with Gasteiger partial charge in [-0.1, -0.05) is 12.1 Å². The van der Waals surface area contributed by atoms with Gasteiger partial charge in [-0.05, 0) is 26.0 Å². The summed E-state index contributed by atoms with van der Waals surface area (Å²) in [5.74, 6) is -0.357. The molecule has 1 heterocycles. The Morgan fingerprint density at radius 2 is 2.12 bits per heavy atom. The molecule has 90 valence electrons. The van der Waals surface area contributed by atoms with Crippen molar-refractivity contribution in [1.29, 1.82) is 0 Å². The molecule has 1 aromatic rings. The number of para-hydroxylation sites is 2. The molecule has 2 rings (SSSR count). The molecule has 0 radical (unpaired) electrons. The number of benzene rings is 1. The Bertz CT molecular complexity index is 457. The van der Waals surface area contributed by atoms with Gasteiger partial charge in [-0.3, -0.25) is 9.59 Å². The SMILES string of the molecule is CC(C)NC(=O)[C@@H]1Oc2ccccc2NC1=O. The molecule has 0 saturated carbocycles. The van der Waals surface area contributed by atoms with E-state index in [1.807, 2.05) is 13.8 Å². The van der Waals surface area contributed by atoms with Crippen molar-refractivity contribution in [3.63, 3.8) is 0 Å². The van der Waals surface area contributed by atoms with Crippen LogP contribution in [0.5, 0.6) is 5.75 Å². The third-order valence-electron chi connectivity index (χ3n) is 2.30. The topological polar surface area (TPSA) is 67.4 Å². The molecule has 0 aromatic heterocycles. The van der Waals surface area contributed by atoms with Crippen molar-refractivity contribution < 1.29 is 14.3 Å². The highest BCUT2D eigenvalue weighted by Crippen LogP contribution is 2.28. The van der Waals surface area contributed by atoms with E-state index in [4.69, 9.17) is 4.74 Å². The second-order valence-electron chi connectivity index (χ2n) is 4.15. The zero-order valence-electron chi connectivity index (χ0n) is 9.69. The molecule has 17 heavy (non-hydrogen) atoms. The van der Waals surface area contributed by atoms with Crippen LogP contribution in [0.15, 0.2) is 24.3 Å². The van der Waals surface area contributed by atoms with Gasteiger partial charge in [-0.2, -0.15) is 0 Å². The second kappa shape index (κ2) is 4.45. The summed E-state index contributed by atoms with van der Waals surface area (Å²) in [6.45, 7) is 3.65. The number of rotatable bonds is 2. The fourth-order valence-electron chi connectivity index (χ4n) is 1.58. The summed E-state index contributed by atoms with van der Waals surface area (Å²) in [6, 6.07) is 6.98. The van der Waals surface area contributed by atoms with E-state index in [0.717, 1.165) is 0 Å². The first-order chi connectivity index (χ1) is 8.08. The Balaban J connectivity index is 2.17. The number of nitrogens with one attached hydrogen (secondary N) is 2. The maximum absolute atomic E-state index is 11.7. The van der Waals surface area contributed by atoms with E-state index in [-0.39, 0.29) is 6.04 Å². The van der Waals surface area contributed by atoms with Crippen molar-refractivity contribution in [1.82, 2.24) is 5.32 Å². The maximum atomic E-state index is 11.7. The molecule has 0 aliphatic carbocycles. The van der Waals surface area contributed by atoms with Gasteiger partial charge in [0.2, 0.25) is 0 Å². The van der Waals surface area contributed by atoms with Gasteiger partial charge in [0, 0.05) is 6.04 Å². The Hall–Kier alpha value is -2.04. The highest BCUT2D eigenvalue weighted by molar-refractivity contribution is 6.11. The number of carbonyl (C=O) groups excluding carboxylic acids is 2. The molecule has 0 fully saturated rings. The minimum absolute atomic E-state index is 0.0314. The lowest BCUT2D eigenvalue weighted by atomic mass is 10.2. The predicted octanol–water partition coefficient (Wildman–Crippen LogP) is 0.911. The van der Waals surface area contributed by atoms with Crippen molar-refractivity contribution in [2.24, 2.45) is 0 Å². The van der Waals surface area contributed by atoms with Crippen LogP contribution < -0.4 is 15.4 Å². The molecule has 0 saturated heterocycles. The molecule has 5 heteroatoms. The van der Waals surface area contributed by atoms with E-state index in [1.165, 1.54) is 0 Å². The van der Waals surface area contributed by atoms with Crippen LogP contribution in [-0.2, 0) is 9.59 Å². The molecule has 1 aliphatic rings. The van der Waals surface area contributed by atoms with Crippen molar-refractivity contribution in [2.75, 3.05) is 5.32 Å². The smallest absolute Gasteiger partial charge is 0.275 e. The molecule has 1 aromatic carbocycles. The van der Waals surface area contributed by atoms with Crippen LogP contribution in [0.2, 0.25) is 0 Å². The highest BCUT2D eigenvalue weighted by Gasteiger charge is 2.33. The molecule has 2 amide bonds. The highest BCUT2D eigenvalue weighted by atomic mass is 16.5. The van der Waals surface area contributed by atoms with Crippen LogP contribution in [0.25, 0.3) is 0 Å². The van der Waals surface area contributed by atoms with Gasteiger partial charge in [0.25, 0.3) is 17.9 Å². The van der Waals surface area contributed by atoms with E-state index >= 15 is 0 Å². The number of carbonyl (C=O) groups is 2. The van der Waals surface area contributed by atoms with Gasteiger partial charge in [0.1, 0.15) is 5.75 Å².